The summed E-state index contributed by atoms with van der Waals surface area (Å²) >= 11 is 0. The van der Waals surface area contributed by atoms with Gasteiger partial charge >= 0.3 is 0 Å². The van der Waals surface area contributed by atoms with Crippen molar-refractivity contribution in [2.45, 2.75) is 45.6 Å². The zero-order valence-corrected chi connectivity index (χ0v) is 21.1. The monoisotopic (exact) mass is 479 g/mol. The predicted molar refractivity (Wildman–Crippen MR) is 137 cm³/mol. The van der Waals surface area contributed by atoms with E-state index in [2.05, 4.69) is 43.1 Å². The van der Waals surface area contributed by atoms with Crippen LogP contribution in [-0.2, 0) is 21.5 Å². The van der Waals surface area contributed by atoms with E-state index in [4.69, 9.17) is 9.47 Å². The highest BCUT2D eigenvalue weighted by Crippen LogP contribution is 2.38. The van der Waals surface area contributed by atoms with Crippen molar-refractivity contribution in [1.29, 1.82) is 0 Å². The van der Waals surface area contributed by atoms with E-state index in [0.717, 1.165) is 62.7 Å². The summed E-state index contributed by atoms with van der Waals surface area (Å²) in [7, 11) is 0. The highest BCUT2D eigenvalue weighted by atomic mass is 16.5. The van der Waals surface area contributed by atoms with Gasteiger partial charge in [-0.05, 0) is 60.2 Å². The van der Waals surface area contributed by atoms with E-state index in [1.807, 2.05) is 30.3 Å². The Morgan fingerprint density at radius 2 is 1.91 bits per heavy atom. The van der Waals surface area contributed by atoms with Crippen molar-refractivity contribution in [2.24, 2.45) is 0 Å². The van der Waals surface area contributed by atoms with Crippen molar-refractivity contribution in [3.8, 4) is 5.75 Å². The molecule has 1 N–H and O–H groups in total. The first-order valence-electron chi connectivity index (χ1n) is 12.6. The minimum atomic E-state index is -0.0884. The van der Waals surface area contributed by atoms with Crippen molar-refractivity contribution in [2.75, 3.05) is 50.9 Å². The summed E-state index contributed by atoms with van der Waals surface area (Å²) in [6, 6.07) is 13.6. The van der Waals surface area contributed by atoms with Gasteiger partial charge in [0.25, 0.3) is 11.8 Å². The molecule has 1 fully saturated rings. The number of nitrogens with zero attached hydrogens (tertiary/aromatic N) is 2. The van der Waals surface area contributed by atoms with Gasteiger partial charge in [-0.15, -0.1) is 0 Å². The number of morpholine rings is 1. The van der Waals surface area contributed by atoms with Crippen molar-refractivity contribution in [1.82, 2.24) is 10.2 Å². The van der Waals surface area contributed by atoms with Crippen LogP contribution in [0.4, 0.5) is 5.69 Å². The molecule has 2 heterocycles. The SMILES string of the molecule is CCC(C)(C)c1ccc2c(c1)N(Cc1cccc(C(=O)NCCCN3CCOCC3)c1)C(=O)CO2. The third-order valence-corrected chi connectivity index (χ3v) is 7.14. The number of nitrogens with one attached hydrogen (secondary N) is 1. The Hall–Kier alpha value is -2.90. The van der Waals surface area contributed by atoms with Crippen molar-refractivity contribution < 1.29 is 19.1 Å². The van der Waals surface area contributed by atoms with Crippen LogP contribution in [0.1, 0.15) is 55.1 Å². The fourth-order valence-electron chi connectivity index (χ4n) is 4.43. The van der Waals surface area contributed by atoms with Gasteiger partial charge in [0.05, 0.1) is 25.4 Å². The number of hydrogen-bond acceptors (Lipinski definition) is 5. The van der Waals surface area contributed by atoms with Crippen LogP contribution >= 0.6 is 0 Å². The molecule has 0 radical (unpaired) electrons. The second-order valence-corrected chi connectivity index (χ2v) is 9.95. The number of carbonyl (C=O) groups is 2. The van der Waals surface area contributed by atoms with E-state index in [9.17, 15) is 9.59 Å². The Bertz CT molecular complexity index is 1050. The largest absolute Gasteiger partial charge is 0.482 e. The number of ether oxygens (including phenoxy) is 2. The van der Waals surface area contributed by atoms with Gasteiger partial charge in [0.15, 0.2) is 6.61 Å². The molecule has 7 nitrogen and oxygen atoms in total. The second kappa shape index (κ2) is 11.2. The number of amides is 2. The van der Waals surface area contributed by atoms with E-state index in [1.54, 1.807) is 4.90 Å². The van der Waals surface area contributed by atoms with E-state index in [-0.39, 0.29) is 23.8 Å². The number of carbonyl (C=O) groups excluding carboxylic acids is 2. The average molecular weight is 480 g/mol. The fourth-order valence-corrected chi connectivity index (χ4v) is 4.43. The molecule has 0 bridgehead atoms. The van der Waals surface area contributed by atoms with Crippen LogP contribution in [0.25, 0.3) is 0 Å². The van der Waals surface area contributed by atoms with Crippen LogP contribution in [0.15, 0.2) is 42.5 Å². The minimum Gasteiger partial charge on any atom is -0.482 e. The van der Waals surface area contributed by atoms with Crippen LogP contribution in [0.2, 0.25) is 0 Å². The molecule has 2 amide bonds. The molecule has 0 atom stereocenters. The first-order chi connectivity index (χ1) is 16.9. The van der Waals surface area contributed by atoms with Crippen LogP contribution in [0.3, 0.4) is 0 Å². The summed E-state index contributed by atoms with van der Waals surface area (Å²) in [5.74, 6) is 0.547. The third-order valence-electron chi connectivity index (χ3n) is 7.14. The molecule has 0 unspecified atom stereocenters. The highest BCUT2D eigenvalue weighted by molar-refractivity contribution is 5.98. The van der Waals surface area contributed by atoms with Crippen molar-refractivity contribution >= 4 is 17.5 Å². The third kappa shape index (κ3) is 6.21. The van der Waals surface area contributed by atoms with Gasteiger partial charge in [-0.2, -0.15) is 0 Å². The van der Waals surface area contributed by atoms with E-state index < -0.39 is 0 Å². The molecular weight excluding hydrogens is 442 g/mol. The minimum absolute atomic E-state index is 0.000968. The molecule has 1 saturated heterocycles. The lowest BCUT2D eigenvalue weighted by atomic mass is 9.82. The zero-order valence-electron chi connectivity index (χ0n) is 21.1. The number of benzene rings is 2. The van der Waals surface area contributed by atoms with Crippen molar-refractivity contribution in [3.05, 3.63) is 59.2 Å². The zero-order chi connectivity index (χ0) is 24.8. The summed E-state index contributed by atoms with van der Waals surface area (Å²) in [6.07, 6.45) is 1.89. The Balaban J connectivity index is 1.41. The Labute approximate surface area is 208 Å². The number of hydrogen-bond donors (Lipinski definition) is 1. The van der Waals surface area contributed by atoms with E-state index in [1.165, 1.54) is 5.56 Å². The molecule has 7 heteroatoms. The van der Waals surface area contributed by atoms with E-state index >= 15 is 0 Å². The van der Waals surface area contributed by atoms with Gasteiger partial charge in [-0.1, -0.05) is 39.0 Å². The quantitative estimate of drug-likeness (QED) is 0.555. The number of fused-ring (bicyclic) bond motifs is 1. The van der Waals surface area contributed by atoms with Crippen LogP contribution < -0.4 is 15.0 Å². The van der Waals surface area contributed by atoms with Crippen molar-refractivity contribution in [3.63, 3.8) is 0 Å². The number of anilines is 1. The Morgan fingerprint density at radius 3 is 2.69 bits per heavy atom. The van der Waals surface area contributed by atoms with Gasteiger partial charge in [-0.3, -0.25) is 14.5 Å². The normalized spacial score (nSPS) is 16.5. The summed E-state index contributed by atoms with van der Waals surface area (Å²) in [6.45, 7) is 12.0. The second-order valence-electron chi connectivity index (χ2n) is 9.95. The lowest BCUT2D eigenvalue weighted by Crippen LogP contribution is -2.38. The highest BCUT2D eigenvalue weighted by Gasteiger charge is 2.28. The predicted octanol–water partition coefficient (Wildman–Crippen LogP) is 3.75. The molecule has 2 aliphatic rings. The van der Waals surface area contributed by atoms with Gasteiger partial charge < -0.3 is 19.7 Å². The molecule has 0 aromatic heterocycles. The maximum absolute atomic E-state index is 12.8. The summed E-state index contributed by atoms with van der Waals surface area (Å²) in [4.78, 5) is 29.7. The fraction of sp³-hybridized carbons (Fsp3) is 0.500. The van der Waals surface area contributed by atoms with Crippen LogP contribution in [0.5, 0.6) is 5.75 Å². The van der Waals surface area contributed by atoms with Gasteiger partial charge in [0.1, 0.15) is 5.75 Å². The smallest absolute Gasteiger partial charge is 0.265 e. The van der Waals surface area contributed by atoms with Crippen LogP contribution in [0, 0.1) is 0 Å². The van der Waals surface area contributed by atoms with Gasteiger partial charge in [0.2, 0.25) is 0 Å². The number of rotatable bonds is 9. The lowest BCUT2D eigenvalue weighted by molar-refractivity contribution is -0.121. The molecule has 35 heavy (non-hydrogen) atoms. The van der Waals surface area contributed by atoms with E-state index in [0.29, 0.717) is 18.7 Å². The topological polar surface area (TPSA) is 71.1 Å². The summed E-state index contributed by atoms with van der Waals surface area (Å²) < 4.78 is 11.1. The molecule has 4 rings (SSSR count). The van der Waals surface area contributed by atoms with Gasteiger partial charge in [-0.25, -0.2) is 0 Å². The first kappa shape index (κ1) is 25.2. The molecule has 0 spiro atoms. The maximum atomic E-state index is 12.8. The molecule has 2 aromatic carbocycles. The lowest BCUT2D eigenvalue weighted by Gasteiger charge is -2.32. The molecular formula is C28H37N3O4. The molecule has 188 valence electrons. The molecule has 2 aromatic rings. The Morgan fingerprint density at radius 1 is 1.11 bits per heavy atom. The molecule has 0 saturated carbocycles. The average Bonchev–Trinajstić information content (AvgIpc) is 2.88. The first-order valence-corrected chi connectivity index (χ1v) is 12.6. The van der Waals surface area contributed by atoms with Crippen LogP contribution in [-0.4, -0.2) is 62.7 Å². The molecule has 0 aliphatic carbocycles. The summed E-state index contributed by atoms with van der Waals surface area (Å²) in [5.41, 5.74) is 3.48. The standard InChI is InChI=1S/C28H37N3O4/c1-4-28(2,3)23-9-10-25-24(18-23)31(26(32)20-35-25)19-21-7-5-8-22(17-21)27(33)29-11-6-12-30-13-15-34-16-14-30/h5,7-10,17-18H,4,6,11-16,19-20H2,1-3H3,(H,29,33). The van der Waals surface area contributed by atoms with Gasteiger partial charge in [0, 0.05) is 25.2 Å². The summed E-state index contributed by atoms with van der Waals surface area (Å²) in [5, 5.41) is 3.03. The Kier molecular flexibility index (Phi) is 8.08. The maximum Gasteiger partial charge on any atom is 0.265 e. The molecule has 2 aliphatic heterocycles.